The fourth-order valence-electron chi connectivity index (χ4n) is 2.25. The molecule has 0 aliphatic heterocycles. The van der Waals surface area contributed by atoms with E-state index in [-0.39, 0.29) is 0 Å². The molecular formula is C12H23NO. The normalized spacial score (nSPS) is 18.9. The number of hydrogen-bond donors (Lipinski definition) is 0. The van der Waals surface area contributed by atoms with Crippen LogP contribution in [0.2, 0.25) is 0 Å². The van der Waals surface area contributed by atoms with Crippen molar-refractivity contribution in [1.29, 1.82) is 0 Å². The lowest BCUT2D eigenvalue weighted by atomic mass is 10.1. The second kappa shape index (κ2) is 6.86. The molecule has 2 heteroatoms. The lowest BCUT2D eigenvalue weighted by Gasteiger charge is -2.27. The van der Waals surface area contributed by atoms with Gasteiger partial charge in [0.05, 0.1) is 0 Å². The summed E-state index contributed by atoms with van der Waals surface area (Å²) in [6.45, 7) is 3.14. The van der Waals surface area contributed by atoms with Crippen molar-refractivity contribution in [2.75, 3.05) is 6.54 Å². The Morgan fingerprint density at radius 2 is 1.86 bits per heavy atom. The van der Waals surface area contributed by atoms with E-state index in [1.54, 1.807) is 0 Å². The van der Waals surface area contributed by atoms with Crippen LogP contribution in [0, 0.1) is 0 Å². The predicted molar refractivity (Wildman–Crippen MR) is 59.2 cm³/mol. The maximum Gasteiger partial charge on any atom is 0.209 e. The van der Waals surface area contributed by atoms with Gasteiger partial charge < -0.3 is 4.90 Å². The standard InChI is InChI=1S/C12H23NO/c1-2-3-10-13(11-14)12-8-6-4-5-7-9-12/h11-12H,2-10H2,1H3. The van der Waals surface area contributed by atoms with Gasteiger partial charge in [0.25, 0.3) is 0 Å². The first-order valence-corrected chi connectivity index (χ1v) is 6.09. The van der Waals surface area contributed by atoms with Crippen molar-refractivity contribution in [3.05, 3.63) is 0 Å². The van der Waals surface area contributed by atoms with Crippen molar-refractivity contribution < 1.29 is 4.79 Å². The summed E-state index contributed by atoms with van der Waals surface area (Å²) in [6, 6.07) is 0.543. The van der Waals surface area contributed by atoms with Gasteiger partial charge in [-0.15, -0.1) is 0 Å². The Morgan fingerprint density at radius 1 is 1.21 bits per heavy atom. The monoisotopic (exact) mass is 197 g/mol. The van der Waals surface area contributed by atoms with Gasteiger partial charge in [0.1, 0.15) is 0 Å². The summed E-state index contributed by atoms with van der Waals surface area (Å²) in [7, 11) is 0. The van der Waals surface area contributed by atoms with Crippen LogP contribution in [0.15, 0.2) is 0 Å². The van der Waals surface area contributed by atoms with Crippen LogP contribution in [-0.4, -0.2) is 23.9 Å². The van der Waals surface area contributed by atoms with Gasteiger partial charge in [-0.05, 0) is 19.3 Å². The van der Waals surface area contributed by atoms with Crippen molar-refractivity contribution >= 4 is 6.41 Å². The topological polar surface area (TPSA) is 20.3 Å². The van der Waals surface area contributed by atoms with Crippen LogP contribution in [0.3, 0.4) is 0 Å². The Morgan fingerprint density at radius 3 is 2.36 bits per heavy atom. The fourth-order valence-corrected chi connectivity index (χ4v) is 2.25. The van der Waals surface area contributed by atoms with Crippen molar-refractivity contribution in [2.45, 2.75) is 64.3 Å². The number of carbonyl (C=O) groups excluding carboxylic acids is 1. The zero-order valence-electron chi connectivity index (χ0n) is 9.37. The van der Waals surface area contributed by atoms with Crippen LogP contribution in [0.1, 0.15) is 58.3 Å². The molecule has 1 fully saturated rings. The molecule has 0 radical (unpaired) electrons. The summed E-state index contributed by atoms with van der Waals surface area (Å²) in [6.07, 6.45) is 11.2. The van der Waals surface area contributed by atoms with Gasteiger partial charge in [-0.3, -0.25) is 4.79 Å². The molecule has 0 atom stereocenters. The lowest BCUT2D eigenvalue weighted by Crippen LogP contribution is -2.34. The molecule has 0 saturated heterocycles. The van der Waals surface area contributed by atoms with Gasteiger partial charge in [0.2, 0.25) is 6.41 Å². The average molecular weight is 197 g/mol. The first-order chi connectivity index (χ1) is 6.88. The van der Waals surface area contributed by atoms with Crippen LogP contribution in [0.25, 0.3) is 0 Å². The lowest BCUT2D eigenvalue weighted by molar-refractivity contribution is -0.120. The van der Waals surface area contributed by atoms with Gasteiger partial charge >= 0.3 is 0 Å². The van der Waals surface area contributed by atoms with Crippen molar-refractivity contribution in [2.24, 2.45) is 0 Å². The summed E-state index contributed by atoms with van der Waals surface area (Å²) in [4.78, 5) is 13.0. The van der Waals surface area contributed by atoms with Crippen molar-refractivity contribution in [1.82, 2.24) is 4.90 Å². The predicted octanol–water partition coefficient (Wildman–Crippen LogP) is 2.97. The highest BCUT2D eigenvalue weighted by Crippen LogP contribution is 2.21. The minimum absolute atomic E-state index is 0.543. The molecule has 0 spiro atoms. The van der Waals surface area contributed by atoms with Crippen LogP contribution in [0.5, 0.6) is 0 Å². The van der Waals surface area contributed by atoms with E-state index in [4.69, 9.17) is 0 Å². The number of nitrogens with zero attached hydrogens (tertiary/aromatic N) is 1. The fraction of sp³-hybridized carbons (Fsp3) is 0.917. The quantitative estimate of drug-likeness (QED) is 0.490. The number of rotatable bonds is 5. The first kappa shape index (κ1) is 11.5. The average Bonchev–Trinajstić information content (AvgIpc) is 2.48. The molecule has 0 aromatic carbocycles. The highest BCUT2D eigenvalue weighted by Gasteiger charge is 2.17. The van der Waals surface area contributed by atoms with Crippen LogP contribution in [-0.2, 0) is 4.79 Å². The molecule has 2 nitrogen and oxygen atoms in total. The van der Waals surface area contributed by atoms with E-state index < -0.39 is 0 Å². The van der Waals surface area contributed by atoms with E-state index in [1.807, 2.05) is 4.90 Å². The molecule has 0 bridgehead atoms. The van der Waals surface area contributed by atoms with Crippen molar-refractivity contribution in [3.63, 3.8) is 0 Å². The Bertz CT molecular complexity index is 150. The summed E-state index contributed by atoms with van der Waals surface area (Å²) >= 11 is 0. The van der Waals surface area contributed by atoms with E-state index in [0.29, 0.717) is 6.04 Å². The van der Waals surface area contributed by atoms with Crippen LogP contribution < -0.4 is 0 Å². The molecular weight excluding hydrogens is 174 g/mol. The largest absolute Gasteiger partial charge is 0.342 e. The molecule has 0 unspecified atom stereocenters. The minimum Gasteiger partial charge on any atom is -0.342 e. The third-order valence-corrected chi connectivity index (χ3v) is 3.20. The van der Waals surface area contributed by atoms with Gasteiger partial charge in [0.15, 0.2) is 0 Å². The number of carbonyl (C=O) groups is 1. The third-order valence-electron chi connectivity index (χ3n) is 3.20. The second-order valence-electron chi connectivity index (χ2n) is 4.34. The van der Waals surface area contributed by atoms with E-state index >= 15 is 0 Å². The number of hydrogen-bond acceptors (Lipinski definition) is 1. The molecule has 0 N–H and O–H groups in total. The molecule has 14 heavy (non-hydrogen) atoms. The Kier molecular flexibility index (Phi) is 5.65. The van der Waals surface area contributed by atoms with E-state index in [1.165, 1.54) is 44.9 Å². The SMILES string of the molecule is CCCCN(C=O)C1CCCCCC1. The Balaban J connectivity index is 2.36. The van der Waals surface area contributed by atoms with Crippen LogP contribution in [0.4, 0.5) is 0 Å². The van der Waals surface area contributed by atoms with Gasteiger partial charge in [-0.25, -0.2) is 0 Å². The zero-order chi connectivity index (χ0) is 10.2. The molecule has 0 aromatic rings. The van der Waals surface area contributed by atoms with E-state index in [2.05, 4.69) is 6.92 Å². The summed E-state index contributed by atoms with van der Waals surface area (Å²) in [5, 5.41) is 0. The third kappa shape index (κ3) is 3.69. The van der Waals surface area contributed by atoms with Crippen molar-refractivity contribution in [3.8, 4) is 0 Å². The Labute approximate surface area is 87.7 Å². The maximum atomic E-state index is 10.9. The Hall–Kier alpha value is -0.530. The molecule has 1 saturated carbocycles. The molecule has 1 aliphatic rings. The van der Waals surface area contributed by atoms with E-state index in [0.717, 1.165) is 19.4 Å². The second-order valence-corrected chi connectivity index (χ2v) is 4.34. The molecule has 0 heterocycles. The summed E-state index contributed by atoms with van der Waals surface area (Å²) in [5.41, 5.74) is 0. The molecule has 1 rings (SSSR count). The number of unbranched alkanes of at least 4 members (excludes halogenated alkanes) is 1. The summed E-state index contributed by atoms with van der Waals surface area (Å²) in [5.74, 6) is 0. The first-order valence-electron chi connectivity index (χ1n) is 6.09. The molecule has 1 amide bonds. The zero-order valence-corrected chi connectivity index (χ0v) is 9.37. The smallest absolute Gasteiger partial charge is 0.209 e. The molecule has 0 aromatic heterocycles. The minimum atomic E-state index is 0.543. The summed E-state index contributed by atoms with van der Waals surface area (Å²) < 4.78 is 0. The van der Waals surface area contributed by atoms with Crippen LogP contribution >= 0.6 is 0 Å². The maximum absolute atomic E-state index is 10.9. The van der Waals surface area contributed by atoms with Gasteiger partial charge in [0, 0.05) is 12.6 Å². The highest BCUT2D eigenvalue weighted by atomic mass is 16.1. The van der Waals surface area contributed by atoms with Gasteiger partial charge in [-0.1, -0.05) is 39.0 Å². The van der Waals surface area contributed by atoms with E-state index in [9.17, 15) is 4.79 Å². The molecule has 1 aliphatic carbocycles. The molecule has 82 valence electrons. The number of amides is 1. The van der Waals surface area contributed by atoms with Gasteiger partial charge in [-0.2, -0.15) is 0 Å². The highest BCUT2D eigenvalue weighted by molar-refractivity contribution is 5.47.